The molecule has 2 heterocycles. The Morgan fingerprint density at radius 1 is 1.15 bits per heavy atom. The third kappa shape index (κ3) is 4.47. The molecule has 4 rings (SSSR count). The molecule has 0 aliphatic carbocycles. The van der Waals surface area contributed by atoms with E-state index in [1.165, 1.54) is 11.3 Å². The third-order valence-corrected chi connectivity index (χ3v) is 6.38. The average molecular weight is 483 g/mol. The van der Waals surface area contributed by atoms with Crippen molar-refractivity contribution in [3.63, 3.8) is 0 Å². The molecule has 0 saturated carbocycles. The molecule has 0 unspecified atom stereocenters. The number of benzene rings is 2. The number of hydrogen-bond acceptors (Lipinski definition) is 6. The van der Waals surface area contributed by atoms with Crippen molar-refractivity contribution in [3.05, 3.63) is 69.1 Å². The van der Waals surface area contributed by atoms with Crippen LogP contribution < -0.4 is 19.8 Å². The Morgan fingerprint density at radius 2 is 1.82 bits per heavy atom. The van der Waals surface area contributed by atoms with Gasteiger partial charge in [-0.15, -0.1) is 11.3 Å². The van der Waals surface area contributed by atoms with Gasteiger partial charge in [-0.25, -0.2) is 4.98 Å². The topological polar surface area (TPSA) is 73.4 Å². The first-order valence-corrected chi connectivity index (χ1v) is 11.5. The predicted molar refractivity (Wildman–Crippen MR) is 135 cm³/mol. The number of halogens is 1. The minimum atomic E-state index is -0.230. The smallest absolute Gasteiger partial charge is 0.260 e. The highest BCUT2D eigenvalue weighted by Crippen LogP contribution is 2.40. The van der Waals surface area contributed by atoms with E-state index in [1.807, 2.05) is 44.2 Å². The monoisotopic (exact) mass is 482 g/mol. The minimum Gasteiger partial charge on any atom is -0.493 e. The number of methoxy groups -OCH3 is 2. The summed E-state index contributed by atoms with van der Waals surface area (Å²) in [4.78, 5) is 22.2. The van der Waals surface area contributed by atoms with Gasteiger partial charge in [0, 0.05) is 10.4 Å². The van der Waals surface area contributed by atoms with Crippen molar-refractivity contribution < 1.29 is 14.2 Å². The Labute approximate surface area is 200 Å². The molecule has 1 N–H and O–H groups in total. The van der Waals surface area contributed by atoms with Gasteiger partial charge < -0.3 is 19.2 Å². The molecule has 0 fully saturated rings. The van der Waals surface area contributed by atoms with Crippen molar-refractivity contribution in [2.75, 3.05) is 20.8 Å². The molecule has 0 aliphatic heterocycles. The van der Waals surface area contributed by atoms with E-state index < -0.39 is 0 Å². The number of H-pyrrole nitrogens is 1. The zero-order chi connectivity index (χ0) is 23.5. The van der Waals surface area contributed by atoms with Gasteiger partial charge in [-0.3, -0.25) is 4.79 Å². The molecule has 2 aromatic heterocycles. The van der Waals surface area contributed by atoms with Crippen LogP contribution in [-0.2, 0) is 0 Å². The van der Waals surface area contributed by atoms with E-state index >= 15 is 0 Å². The van der Waals surface area contributed by atoms with Crippen LogP contribution in [0.15, 0.2) is 47.3 Å². The Balaban J connectivity index is 1.79. The van der Waals surface area contributed by atoms with Gasteiger partial charge in [-0.2, -0.15) is 0 Å². The fourth-order valence-electron chi connectivity index (χ4n) is 3.67. The molecule has 8 heteroatoms. The highest BCUT2D eigenvalue weighted by Gasteiger charge is 2.18. The van der Waals surface area contributed by atoms with E-state index in [9.17, 15) is 4.79 Å². The first-order chi connectivity index (χ1) is 16.0. The zero-order valence-corrected chi connectivity index (χ0v) is 20.3. The number of ether oxygens (including phenoxy) is 3. The summed E-state index contributed by atoms with van der Waals surface area (Å²) in [6.07, 6.45) is 1.70. The predicted octanol–water partition coefficient (Wildman–Crippen LogP) is 6.11. The summed E-state index contributed by atoms with van der Waals surface area (Å²) in [7, 11) is 3.12. The Morgan fingerprint density at radius 3 is 2.42 bits per heavy atom. The molecule has 0 radical (unpaired) electrons. The number of aromatic nitrogens is 2. The molecule has 0 bridgehead atoms. The first kappa shape index (κ1) is 22.9. The van der Waals surface area contributed by atoms with Gasteiger partial charge in [0.1, 0.15) is 4.83 Å². The maximum absolute atomic E-state index is 13.1. The Bertz CT molecular complexity index is 1370. The van der Waals surface area contributed by atoms with E-state index in [0.717, 1.165) is 16.0 Å². The van der Waals surface area contributed by atoms with Crippen LogP contribution in [0.3, 0.4) is 0 Å². The van der Waals surface area contributed by atoms with E-state index in [0.29, 0.717) is 45.5 Å². The number of hydrogen-bond donors (Lipinski definition) is 1. The highest BCUT2D eigenvalue weighted by atomic mass is 35.5. The number of thiophene rings is 1. The second kappa shape index (κ2) is 9.68. The largest absolute Gasteiger partial charge is 0.493 e. The molecule has 6 nitrogen and oxygen atoms in total. The molecule has 33 heavy (non-hydrogen) atoms. The maximum atomic E-state index is 13.1. The minimum absolute atomic E-state index is 0.230. The van der Waals surface area contributed by atoms with E-state index in [-0.39, 0.29) is 10.6 Å². The van der Waals surface area contributed by atoms with Crippen molar-refractivity contribution in [2.24, 2.45) is 0 Å². The number of aromatic amines is 1. The molecular formula is C25H23ClN2O4S. The Hall–Kier alpha value is -3.29. The molecule has 0 amide bonds. The summed E-state index contributed by atoms with van der Waals surface area (Å²) in [6.45, 7) is 4.35. The zero-order valence-electron chi connectivity index (χ0n) is 18.7. The summed E-state index contributed by atoms with van der Waals surface area (Å²) in [5.41, 5.74) is 2.37. The fourth-order valence-corrected chi connectivity index (χ4v) is 4.93. The molecule has 0 spiro atoms. The normalized spacial score (nSPS) is 11.6. The van der Waals surface area contributed by atoms with Gasteiger partial charge in [0.25, 0.3) is 5.56 Å². The van der Waals surface area contributed by atoms with Gasteiger partial charge in [-0.05, 0) is 43.2 Å². The van der Waals surface area contributed by atoms with Gasteiger partial charge in [0.2, 0.25) is 5.75 Å². The van der Waals surface area contributed by atoms with Gasteiger partial charge >= 0.3 is 0 Å². The maximum Gasteiger partial charge on any atom is 0.260 e. The lowest BCUT2D eigenvalue weighted by Gasteiger charge is -2.14. The summed E-state index contributed by atoms with van der Waals surface area (Å²) < 4.78 is 16.6. The third-order valence-electron chi connectivity index (χ3n) is 5.09. The van der Waals surface area contributed by atoms with E-state index in [4.69, 9.17) is 25.8 Å². The fraction of sp³-hybridized carbons (Fsp3) is 0.200. The first-order valence-electron chi connectivity index (χ1n) is 10.3. The molecule has 0 aliphatic rings. The molecule has 4 aromatic rings. The number of nitrogens with one attached hydrogen (secondary N) is 1. The van der Waals surface area contributed by atoms with Crippen LogP contribution in [0.1, 0.15) is 23.2 Å². The molecule has 170 valence electrons. The Kier molecular flexibility index (Phi) is 6.72. The summed E-state index contributed by atoms with van der Waals surface area (Å²) >= 11 is 8.06. The van der Waals surface area contributed by atoms with Gasteiger partial charge in [0.05, 0.1) is 31.2 Å². The number of nitrogens with zero attached hydrogens (tertiary/aromatic N) is 1. The lowest BCUT2D eigenvalue weighted by molar-refractivity contribution is 0.288. The van der Waals surface area contributed by atoms with Crippen molar-refractivity contribution in [1.82, 2.24) is 9.97 Å². The molecule has 0 saturated heterocycles. The SMILES string of the molecule is CCOc1c(OC)cc(/C=C(\Cl)c2nc3sc(C)c(-c4ccccc4)c3c(=O)[nH]2)cc1OC. The quantitative estimate of drug-likeness (QED) is 0.344. The van der Waals surface area contributed by atoms with Crippen LogP contribution in [0.25, 0.3) is 32.5 Å². The van der Waals surface area contributed by atoms with Crippen LogP contribution >= 0.6 is 22.9 Å². The number of rotatable bonds is 7. The lowest BCUT2D eigenvalue weighted by atomic mass is 10.0. The van der Waals surface area contributed by atoms with Gasteiger partial charge in [0.15, 0.2) is 17.3 Å². The van der Waals surface area contributed by atoms with Crippen LogP contribution in [-0.4, -0.2) is 30.8 Å². The van der Waals surface area contributed by atoms with Crippen molar-refractivity contribution >= 4 is 44.3 Å². The van der Waals surface area contributed by atoms with Crippen molar-refractivity contribution in [3.8, 4) is 28.4 Å². The number of fused-ring (bicyclic) bond motifs is 1. The van der Waals surface area contributed by atoms with E-state index in [1.54, 1.807) is 32.4 Å². The summed E-state index contributed by atoms with van der Waals surface area (Å²) in [6, 6.07) is 13.4. The van der Waals surface area contributed by atoms with Gasteiger partial charge in [-0.1, -0.05) is 41.9 Å². The van der Waals surface area contributed by atoms with Crippen LogP contribution in [0, 0.1) is 6.92 Å². The molecular weight excluding hydrogens is 460 g/mol. The second-order valence-corrected chi connectivity index (χ2v) is 8.78. The van der Waals surface area contributed by atoms with Crippen LogP contribution in [0.5, 0.6) is 17.2 Å². The standard InChI is InChI=1S/C25H23ClN2O4S/c1-5-32-22-18(30-3)12-15(13-19(22)31-4)11-17(26)23-27-24(29)21-20(14(2)33-25(21)28-23)16-9-7-6-8-10-16/h6-13H,5H2,1-4H3,(H,27,28,29)/b17-11-. The average Bonchev–Trinajstić information content (AvgIpc) is 3.16. The second-order valence-electron chi connectivity index (χ2n) is 7.17. The number of aryl methyl sites for hydroxylation is 1. The van der Waals surface area contributed by atoms with Crippen molar-refractivity contribution in [2.45, 2.75) is 13.8 Å². The van der Waals surface area contributed by atoms with Crippen molar-refractivity contribution in [1.29, 1.82) is 0 Å². The van der Waals surface area contributed by atoms with E-state index in [2.05, 4.69) is 9.97 Å². The van der Waals surface area contributed by atoms with Crippen LogP contribution in [0.4, 0.5) is 0 Å². The molecule has 0 atom stereocenters. The summed E-state index contributed by atoms with van der Waals surface area (Å²) in [5.74, 6) is 1.85. The summed E-state index contributed by atoms with van der Waals surface area (Å²) in [5, 5.41) is 0.857. The molecule has 2 aromatic carbocycles. The highest BCUT2D eigenvalue weighted by molar-refractivity contribution is 7.19. The lowest BCUT2D eigenvalue weighted by Crippen LogP contribution is -2.10. The van der Waals surface area contributed by atoms with Crippen LogP contribution in [0.2, 0.25) is 0 Å².